The molecule has 1 nitrogen and oxygen atoms in total. The second-order valence-electron chi connectivity index (χ2n) is 8.26. The molecule has 110 valence electrons. The zero-order valence-electron chi connectivity index (χ0n) is 13.1. The first kappa shape index (κ1) is 12.4. The van der Waals surface area contributed by atoms with Crippen LogP contribution in [0.15, 0.2) is 34.4 Å². The van der Waals surface area contributed by atoms with Crippen LogP contribution in [-0.4, -0.2) is 5.78 Å². The molecular formula is C20H24O. The summed E-state index contributed by atoms with van der Waals surface area (Å²) in [7, 11) is 0. The highest BCUT2D eigenvalue weighted by molar-refractivity contribution is 5.92. The highest BCUT2D eigenvalue weighted by atomic mass is 16.1. The Kier molecular flexibility index (Phi) is 2.25. The number of fused-ring (bicyclic) bond motifs is 7. The third-order valence-electron chi connectivity index (χ3n) is 7.19. The lowest BCUT2D eigenvalue weighted by Crippen LogP contribution is -2.35. The Balaban J connectivity index is 1.69. The van der Waals surface area contributed by atoms with E-state index >= 15 is 0 Å². The predicted molar refractivity (Wildman–Crippen MR) is 83.6 cm³/mol. The summed E-state index contributed by atoms with van der Waals surface area (Å²) < 4.78 is 0. The number of allylic oxidation sites excluding steroid dienone is 6. The van der Waals surface area contributed by atoms with Crippen LogP contribution in [0, 0.1) is 29.1 Å². The highest BCUT2D eigenvalue weighted by Gasteiger charge is 2.58. The summed E-state index contributed by atoms with van der Waals surface area (Å²) in [5.41, 5.74) is 6.96. The average molecular weight is 280 g/mol. The maximum absolute atomic E-state index is 11.9. The van der Waals surface area contributed by atoms with Crippen LogP contribution in [0.1, 0.15) is 52.4 Å². The molecule has 0 saturated heterocycles. The summed E-state index contributed by atoms with van der Waals surface area (Å²) in [4.78, 5) is 11.9. The molecule has 1 fully saturated rings. The van der Waals surface area contributed by atoms with Crippen molar-refractivity contribution in [1.29, 1.82) is 0 Å². The summed E-state index contributed by atoms with van der Waals surface area (Å²) in [6.45, 7) is 4.87. The second-order valence-corrected chi connectivity index (χ2v) is 8.26. The molecule has 5 unspecified atom stereocenters. The van der Waals surface area contributed by atoms with Gasteiger partial charge in [-0.3, -0.25) is 4.79 Å². The molecule has 0 aromatic rings. The van der Waals surface area contributed by atoms with E-state index in [1.54, 1.807) is 16.7 Å². The standard InChI is InChI=1S/C20H24O/c1-11-3-4-14-13(11)5-6-17-19(14)16-10-15(16)18-9-12(21)7-8-20(17,18)2/h4,9,11,13,15-16H,3,5-8,10H2,1-2H3. The number of hydrogen-bond donors (Lipinski definition) is 0. The van der Waals surface area contributed by atoms with E-state index in [-0.39, 0.29) is 5.41 Å². The fourth-order valence-electron chi connectivity index (χ4n) is 5.93. The first-order chi connectivity index (χ1) is 10.1. The molecule has 5 aliphatic carbocycles. The van der Waals surface area contributed by atoms with E-state index < -0.39 is 0 Å². The molecule has 0 aromatic heterocycles. The fourth-order valence-corrected chi connectivity index (χ4v) is 5.93. The quantitative estimate of drug-likeness (QED) is 0.633. The minimum atomic E-state index is 0.221. The van der Waals surface area contributed by atoms with Crippen molar-refractivity contribution in [2.24, 2.45) is 29.1 Å². The van der Waals surface area contributed by atoms with Crippen LogP contribution < -0.4 is 0 Å². The van der Waals surface area contributed by atoms with Crippen LogP contribution in [0.25, 0.3) is 0 Å². The van der Waals surface area contributed by atoms with Gasteiger partial charge in [-0.1, -0.05) is 31.1 Å². The molecule has 0 heterocycles. The molecule has 0 aliphatic heterocycles. The molecule has 0 radical (unpaired) electrons. The van der Waals surface area contributed by atoms with Crippen molar-refractivity contribution in [3.05, 3.63) is 34.4 Å². The van der Waals surface area contributed by atoms with Crippen LogP contribution >= 0.6 is 0 Å². The zero-order valence-corrected chi connectivity index (χ0v) is 13.1. The first-order valence-electron chi connectivity index (χ1n) is 8.78. The Labute approximate surface area is 127 Å². The van der Waals surface area contributed by atoms with Crippen LogP contribution in [0.3, 0.4) is 0 Å². The Hall–Kier alpha value is -1.11. The molecule has 0 amide bonds. The van der Waals surface area contributed by atoms with Crippen molar-refractivity contribution in [2.45, 2.75) is 52.4 Å². The minimum absolute atomic E-state index is 0.221. The van der Waals surface area contributed by atoms with Crippen molar-refractivity contribution >= 4 is 5.78 Å². The van der Waals surface area contributed by atoms with Gasteiger partial charge in [-0.05, 0) is 73.0 Å². The summed E-state index contributed by atoms with van der Waals surface area (Å²) in [6.07, 6.45) is 11.6. The first-order valence-corrected chi connectivity index (χ1v) is 8.78. The lowest BCUT2D eigenvalue weighted by Gasteiger charge is -2.46. The number of carbonyl (C=O) groups excluding carboxylic acids is 1. The van der Waals surface area contributed by atoms with E-state index in [2.05, 4.69) is 19.9 Å². The Morgan fingerprint density at radius 3 is 2.90 bits per heavy atom. The number of ketones is 1. The maximum atomic E-state index is 11.9. The van der Waals surface area contributed by atoms with Gasteiger partial charge in [0, 0.05) is 11.8 Å². The van der Waals surface area contributed by atoms with Gasteiger partial charge in [-0.2, -0.15) is 0 Å². The van der Waals surface area contributed by atoms with Crippen molar-refractivity contribution in [2.75, 3.05) is 0 Å². The lowest BCUT2D eigenvalue weighted by molar-refractivity contribution is -0.115. The van der Waals surface area contributed by atoms with Gasteiger partial charge in [-0.15, -0.1) is 0 Å². The van der Waals surface area contributed by atoms with Gasteiger partial charge in [-0.25, -0.2) is 0 Å². The van der Waals surface area contributed by atoms with Gasteiger partial charge < -0.3 is 0 Å². The van der Waals surface area contributed by atoms with E-state index in [1.165, 1.54) is 31.3 Å². The molecule has 5 aliphatic rings. The third-order valence-corrected chi connectivity index (χ3v) is 7.19. The molecule has 0 spiro atoms. The van der Waals surface area contributed by atoms with Crippen molar-refractivity contribution in [3.63, 3.8) is 0 Å². The topological polar surface area (TPSA) is 17.1 Å². The smallest absolute Gasteiger partial charge is 0.155 e. The Bertz CT molecular complexity index is 647. The van der Waals surface area contributed by atoms with E-state index in [9.17, 15) is 4.79 Å². The van der Waals surface area contributed by atoms with Crippen molar-refractivity contribution < 1.29 is 4.79 Å². The normalized spacial score (nSPS) is 47.0. The molecule has 0 aromatic carbocycles. The molecule has 1 heteroatoms. The van der Waals surface area contributed by atoms with Gasteiger partial charge in [0.15, 0.2) is 5.78 Å². The average Bonchev–Trinajstić information content (AvgIpc) is 3.18. The number of hydrogen-bond acceptors (Lipinski definition) is 1. The van der Waals surface area contributed by atoms with Crippen molar-refractivity contribution in [3.8, 4) is 0 Å². The second kappa shape index (κ2) is 3.80. The van der Waals surface area contributed by atoms with Gasteiger partial charge in [0.1, 0.15) is 0 Å². The molecule has 1 saturated carbocycles. The molecule has 21 heavy (non-hydrogen) atoms. The molecular weight excluding hydrogens is 256 g/mol. The Morgan fingerprint density at radius 2 is 2.05 bits per heavy atom. The lowest BCUT2D eigenvalue weighted by atomic mass is 9.58. The minimum Gasteiger partial charge on any atom is -0.295 e. The van der Waals surface area contributed by atoms with E-state index in [4.69, 9.17) is 0 Å². The largest absolute Gasteiger partial charge is 0.295 e. The van der Waals surface area contributed by atoms with Gasteiger partial charge in [0.05, 0.1) is 0 Å². The van der Waals surface area contributed by atoms with E-state index in [1.807, 2.05) is 6.08 Å². The fraction of sp³-hybridized carbons (Fsp3) is 0.650. The highest BCUT2D eigenvalue weighted by Crippen LogP contribution is 2.68. The third kappa shape index (κ3) is 1.45. The molecule has 0 N–H and O–H groups in total. The predicted octanol–water partition coefficient (Wildman–Crippen LogP) is 4.60. The Morgan fingerprint density at radius 1 is 1.19 bits per heavy atom. The summed E-state index contributed by atoms with van der Waals surface area (Å²) >= 11 is 0. The molecule has 0 bridgehead atoms. The maximum Gasteiger partial charge on any atom is 0.155 e. The van der Waals surface area contributed by atoms with Crippen LogP contribution in [0.5, 0.6) is 0 Å². The number of carbonyl (C=O) groups is 1. The molecule has 5 rings (SSSR count). The summed E-state index contributed by atoms with van der Waals surface area (Å²) in [6, 6.07) is 0. The van der Waals surface area contributed by atoms with E-state index in [0.29, 0.717) is 11.7 Å². The van der Waals surface area contributed by atoms with Gasteiger partial charge in [0.25, 0.3) is 0 Å². The van der Waals surface area contributed by atoms with Crippen LogP contribution in [0.2, 0.25) is 0 Å². The molecule has 5 atom stereocenters. The van der Waals surface area contributed by atoms with Crippen LogP contribution in [-0.2, 0) is 4.79 Å². The van der Waals surface area contributed by atoms with Crippen LogP contribution in [0.4, 0.5) is 0 Å². The zero-order chi connectivity index (χ0) is 14.4. The summed E-state index contributed by atoms with van der Waals surface area (Å²) in [5.74, 6) is 3.53. The summed E-state index contributed by atoms with van der Waals surface area (Å²) in [5, 5.41) is 0. The monoisotopic (exact) mass is 280 g/mol. The van der Waals surface area contributed by atoms with Crippen molar-refractivity contribution in [1.82, 2.24) is 0 Å². The van der Waals surface area contributed by atoms with Gasteiger partial charge >= 0.3 is 0 Å². The van der Waals surface area contributed by atoms with Gasteiger partial charge in [0.2, 0.25) is 0 Å². The van der Waals surface area contributed by atoms with E-state index in [0.717, 1.165) is 30.6 Å². The number of rotatable bonds is 0. The SMILES string of the molecule is CC1CC=C2C3=C(CCC21)C1(C)CCC(=O)C=C1C1CC31.